The number of carbonyl (C=O) groups excluding carboxylic acids is 2. The number of aliphatic hydroxyl groups is 3. The highest BCUT2D eigenvalue weighted by Crippen LogP contribution is 2.37. The van der Waals surface area contributed by atoms with E-state index >= 15 is 0 Å². The number of hydrogen-bond acceptors (Lipinski definition) is 6. The summed E-state index contributed by atoms with van der Waals surface area (Å²) in [6, 6.07) is 15.7. The van der Waals surface area contributed by atoms with Gasteiger partial charge in [-0.25, -0.2) is 0 Å². The van der Waals surface area contributed by atoms with E-state index in [9.17, 15) is 24.9 Å². The third-order valence-corrected chi connectivity index (χ3v) is 4.16. The second kappa shape index (κ2) is 6.85. The molecule has 2 aromatic rings. The van der Waals surface area contributed by atoms with E-state index in [1.54, 1.807) is 36.4 Å². The number of ether oxygens (including phenoxy) is 1. The van der Waals surface area contributed by atoms with Crippen LogP contribution < -0.4 is 0 Å². The van der Waals surface area contributed by atoms with Crippen molar-refractivity contribution in [3.8, 4) is 0 Å². The van der Waals surface area contributed by atoms with E-state index < -0.39 is 42.1 Å². The quantitative estimate of drug-likeness (QED) is 0.710. The van der Waals surface area contributed by atoms with Crippen LogP contribution in [0.5, 0.6) is 0 Å². The zero-order chi connectivity index (χ0) is 18.0. The molecular weight excluding hydrogens is 324 g/mol. The van der Waals surface area contributed by atoms with E-state index in [0.29, 0.717) is 0 Å². The molecule has 1 fully saturated rings. The lowest BCUT2D eigenvalue weighted by Gasteiger charge is -2.42. The zero-order valence-electron chi connectivity index (χ0n) is 13.2. The van der Waals surface area contributed by atoms with Crippen LogP contribution in [0.2, 0.25) is 0 Å². The molecule has 3 N–H and O–H groups in total. The van der Waals surface area contributed by atoms with E-state index in [-0.39, 0.29) is 11.1 Å². The van der Waals surface area contributed by atoms with Gasteiger partial charge >= 0.3 is 0 Å². The van der Waals surface area contributed by atoms with Gasteiger partial charge in [0, 0.05) is 11.1 Å². The molecule has 129 valence electrons. The Morgan fingerprint density at radius 3 is 2.00 bits per heavy atom. The van der Waals surface area contributed by atoms with E-state index in [1.807, 2.05) is 0 Å². The van der Waals surface area contributed by atoms with Gasteiger partial charge in [0.1, 0.15) is 12.2 Å². The zero-order valence-corrected chi connectivity index (χ0v) is 13.2. The molecule has 1 saturated heterocycles. The van der Waals surface area contributed by atoms with E-state index in [4.69, 9.17) is 4.74 Å². The molecule has 6 heteroatoms. The molecule has 0 aliphatic carbocycles. The van der Waals surface area contributed by atoms with E-state index in [2.05, 4.69) is 0 Å². The number of ketones is 2. The van der Waals surface area contributed by atoms with Crippen LogP contribution >= 0.6 is 0 Å². The third kappa shape index (κ3) is 3.01. The van der Waals surface area contributed by atoms with Gasteiger partial charge < -0.3 is 20.1 Å². The standard InChI is InChI=1S/C19H17O6/c20-14-11-25-18(15(21)12-7-3-1-4-8-12)19(24,17(14)23)16(22)13-9-5-2-6-10-13/h1-10,14,17,20,23-24H,11H2/t14-,17-,19+/m0/s1. The highest BCUT2D eigenvalue weighted by Gasteiger charge is 2.60. The number of hydrogen-bond donors (Lipinski definition) is 3. The second-order valence-electron chi connectivity index (χ2n) is 5.81. The maximum Gasteiger partial charge on any atom is 0.209 e. The van der Waals surface area contributed by atoms with Crippen LogP contribution in [0, 0.1) is 6.10 Å². The molecule has 1 heterocycles. The SMILES string of the molecule is O=C([C]1OC[C@H](O)[C@H](O)[C@]1(O)C(=O)c1ccccc1)c1ccccc1. The number of carbonyl (C=O) groups is 2. The Labute approximate surface area is 144 Å². The maximum atomic E-state index is 12.8. The van der Waals surface area contributed by atoms with Crippen LogP contribution in [0.3, 0.4) is 0 Å². The molecule has 1 aliphatic heterocycles. The lowest BCUT2D eigenvalue weighted by atomic mass is 9.76. The molecule has 0 aromatic heterocycles. The highest BCUT2D eigenvalue weighted by atomic mass is 16.5. The minimum atomic E-state index is -2.67. The highest BCUT2D eigenvalue weighted by molar-refractivity contribution is 6.14. The van der Waals surface area contributed by atoms with Crippen molar-refractivity contribution in [2.45, 2.75) is 17.8 Å². The smallest absolute Gasteiger partial charge is 0.209 e. The molecule has 25 heavy (non-hydrogen) atoms. The summed E-state index contributed by atoms with van der Waals surface area (Å²) in [5.41, 5.74) is -2.40. The maximum absolute atomic E-state index is 12.8. The van der Waals surface area contributed by atoms with Crippen molar-refractivity contribution in [3.63, 3.8) is 0 Å². The van der Waals surface area contributed by atoms with Crippen molar-refractivity contribution in [1.82, 2.24) is 0 Å². The van der Waals surface area contributed by atoms with Crippen LogP contribution in [0.15, 0.2) is 60.7 Å². The van der Waals surface area contributed by atoms with Crippen molar-refractivity contribution < 1.29 is 29.6 Å². The van der Waals surface area contributed by atoms with Crippen molar-refractivity contribution in [2.75, 3.05) is 6.61 Å². The van der Waals surface area contributed by atoms with Gasteiger partial charge in [-0.1, -0.05) is 60.7 Å². The van der Waals surface area contributed by atoms with Crippen LogP contribution in [0.1, 0.15) is 20.7 Å². The minimum Gasteiger partial charge on any atom is -0.388 e. The summed E-state index contributed by atoms with van der Waals surface area (Å²) in [6.45, 7) is -0.403. The molecule has 3 atom stereocenters. The van der Waals surface area contributed by atoms with Crippen molar-refractivity contribution in [1.29, 1.82) is 0 Å². The summed E-state index contributed by atoms with van der Waals surface area (Å²) in [6.07, 6.45) is -3.99. The first-order chi connectivity index (χ1) is 12.0. The summed E-state index contributed by atoms with van der Waals surface area (Å²) in [5, 5.41) is 31.2. The molecule has 0 amide bonds. The summed E-state index contributed by atoms with van der Waals surface area (Å²) in [7, 11) is 0. The van der Waals surface area contributed by atoms with Crippen molar-refractivity contribution in [3.05, 3.63) is 77.9 Å². The van der Waals surface area contributed by atoms with Gasteiger partial charge in [-0.05, 0) is 0 Å². The fourth-order valence-corrected chi connectivity index (χ4v) is 2.79. The summed E-state index contributed by atoms with van der Waals surface area (Å²) in [5.74, 6) is -1.64. The lowest BCUT2D eigenvalue weighted by Crippen LogP contribution is -2.65. The molecule has 0 saturated carbocycles. The molecule has 0 spiro atoms. The number of benzene rings is 2. The second-order valence-corrected chi connectivity index (χ2v) is 5.81. The van der Waals surface area contributed by atoms with Crippen LogP contribution in [0.4, 0.5) is 0 Å². The van der Waals surface area contributed by atoms with Crippen LogP contribution in [-0.4, -0.2) is 51.3 Å². The number of aliphatic hydroxyl groups excluding tert-OH is 2. The first-order valence-corrected chi connectivity index (χ1v) is 7.74. The Morgan fingerprint density at radius 1 is 0.920 bits per heavy atom. The topological polar surface area (TPSA) is 104 Å². The Hall–Kier alpha value is -2.38. The van der Waals surface area contributed by atoms with Crippen molar-refractivity contribution in [2.24, 2.45) is 0 Å². The largest absolute Gasteiger partial charge is 0.388 e. The Balaban J connectivity index is 2.04. The van der Waals surface area contributed by atoms with Gasteiger partial charge in [0.25, 0.3) is 0 Å². The molecule has 0 bridgehead atoms. The third-order valence-electron chi connectivity index (χ3n) is 4.16. The molecule has 0 unspecified atom stereocenters. The first kappa shape index (κ1) is 17.4. The summed E-state index contributed by atoms with van der Waals surface area (Å²) in [4.78, 5) is 25.6. The Bertz CT molecular complexity index is 760. The molecule has 1 aliphatic rings. The van der Waals surface area contributed by atoms with Crippen molar-refractivity contribution >= 4 is 11.6 Å². The average molecular weight is 341 g/mol. The molecule has 2 aromatic carbocycles. The van der Waals surface area contributed by atoms with E-state index in [0.717, 1.165) is 0 Å². The monoisotopic (exact) mass is 341 g/mol. The predicted octanol–water partition coefficient (Wildman–Crippen LogP) is 0.767. The fourth-order valence-electron chi connectivity index (χ4n) is 2.79. The number of Topliss-reactive ketones (excluding diaryl/α,β-unsaturated/α-hetero) is 2. The Morgan fingerprint density at radius 2 is 1.44 bits per heavy atom. The van der Waals surface area contributed by atoms with Gasteiger partial charge in [0.2, 0.25) is 17.7 Å². The van der Waals surface area contributed by atoms with Gasteiger partial charge in [-0.15, -0.1) is 0 Å². The lowest BCUT2D eigenvalue weighted by molar-refractivity contribution is -0.171. The van der Waals surface area contributed by atoms with Crippen LogP contribution in [0.25, 0.3) is 0 Å². The molecule has 1 radical (unpaired) electrons. The molecule has 3 rings (SSSR count). The van der Waals surface area contributed by atoms with Crippen LogP contribution in [-0.2, 0) is 4.74 Å². The molecule has 6 nitrogen and oxygen atoms in total. The van der Waals surface area contributed by atoms with Gasteiger partial charge in [0.05, 0.1) is 6.61 Å². The summed E-state index contributed by atoms with van der Waals surface area (Å²) >= 11 is 0. The normalized spacial score (nSPS) is 27.0. The fraction of sp³-hybridized carbons (Fsp3) is 0.211. The average Bonchev–Trinajstić information content (AvgIpc) is 2.66. The summed E-state index contributed by atoms with van der Waals surface area (Å²) < 4.78 is 5.22. The first-order valence-electron chi connectivity index (χ1n) is 7.74. The molecular formula is C19H17O6. The Kier molecular flexibility index (Phi) is 4.78. The van der Waals surface area contributed by atoms with E-state index in [1.165, 1.54) is 24.3 Å². The number of rotatable bonds is 4. The van der Waals surface area contributed by atoms with Gasteiger partial charge in [0.15, 0.2) is 5.60 Å². The van der Waals surface area contributed by atoms with Gasteiger partial charge in [-0.2, -0.15) is 0 Å². The van der Waals surface area contributed by atoms with Gasteiger partial charge in [-0.3, -0.25) is 9.59 Å². The minimum absolute atomic E-state index is 0.0834. The predicted molar refractivity (Wildman–Crippen MR) is 87.7 cm³/mol.